The van der Waals surface area contributed by atoms with Crippen molar-refractivity contribution >= 4 is 11.3 Å². The maximum absolute atomic E-state index is 5.28. The van der Waals surface area contributed by atoms with Gasteiger partial charge in [0.1, 0.15) is 5.82 Å². The van der Waals surface area contributed by atoms with Crippen molar-refractivity contribution in [1.82, 2.24) is 25.0 Å². The fourth-order valence-electron chi connectivity index (χ4n) is 2.27. The smallest absolute Gasteiger partial charge is 0.268 e. The predicted octanol–water partition coefficient (Wildman–Crippen LogP) is 2.74. The van der Waals surface area contributed by atoms with Crippen LogP contribution in [0.5, 0.6) is 0 Å². The van der Waals surface area contributed by atoms with Gasteiger partial charge in [-0.25, -0.2) is 4.98 Å². The first-order valence-electron chi connectivity index (χ1n) is 7.36. The van der Waals surface area contributed by atoms with Gasteiger partial charge in [0, 0.05) is 31.4 Å². The molecule has 3 heterocycles. The molecule has 0 saturated heterocycles. The van der Waals surface area contributed by atoms with Crippen molar-refractivity contribution in [1.29, 1.82) is 0 Å². The van der Waals surface area contributed by atoms with E-state index in [9.17, 15) is 0 Å². The molecule has 1 atom stereocenters. The lowest BCUT2D eigenvalue weighted by molar-refractivity contribution is 0.410. The van der Waals surface area contributed by atoms with E-state index in [-0.39, 0.29) is 0 Å². The average Bonchev–Trinajstić information content (AvgIpc) is 3.25. The van der Waals surface area contributed by atoms with Crippen molar-refractivity contribution < 1.29 is 4.52 Å². The molecule has 0 bridgehead atoms. The van der Waals surface area contributed by atoms with Gasteiger partial charge in [0.25, 0.3) is 5.89 Å². The van der Waals surface area contributed by atoms with Crippen LogP contribution < -0.4 is 5.32 Å². The first kappa shape index (κ1) is 14.9. The average molecular weight is 317 g/mol. The third-order valence-electron chi connectivity index (χ3n) is 3.40. The third-order valence-corrected chi connectivity index (χ3v) is 4.26. The SMILES string of the molecule is CCc1nccn1CC(C)NCc1noc(-c2cccs2)n1. The quantitative estimate of drug-likeness (QED) is 0.725. The Bertz CT molecular complexity index is 703. The highest BCUT2D eigenvalue weighted by molar-refractivity contribution is 7.13. The molecule has 0 aliphatic heterocycles. The molecule has 0 spiro atoms. The number of nitrogens with one attached hydrogen (secondary N) is 1. The minimum atomic E-state index is 0.295. The summed E-state index contributed by atoms with van der Waals surface area (Å²) in [6.07, 6.45) is 4.80. The maximum Gasteiger partial charge on any atom is 0.268 e. The molecule has 0 aromatic carbocycles. The van der Waals surface area contributed by atoms with Gasteiger partial charge in [-0.15, -0.1) is 11.3 Å². The van der Waals surface area contributed by atoms with E-state index in [4.69, 9.17) is 4.52 Å². The molecule has 3 rings (SSSR count). The summed E-state index contributed by atoms with van der Waals surface area (Å²) in [6.45, 7) is 5.72. The van der Waals surface area contributed by atoms with Crippen LogP contribution in [0.2, 0.25) is 0 Å². The van der Waals surface area contributed by atoms with Crippen molar-refractivity contribution in [2.75, 3.05) is 0 Å². The molecule has 22 heavy (non-hydrogen) atoms. The molecule has 0 fully saturated rings. The van der Waals surface area contributed by atoms with Crippen molar-refractivity contribution in [2.45, 2.75) is 39.4 Å². The zero-order chi connectivity index (χ0) is 15.4. The van der Waals surface area contributed by atoms with Crippen LogP contribution in [0, 0.1) is 0 Å². The highest BCUT2D eigenvalue weighted by atomic mass is 32.1. The van der Waals surface area contributed by atoms with Gasteiger partial charge < -0.3 is 14.4 Å². The van der Waals surface area contributed by atoms with Crippen molar-refractivity contribution in [2.24, 2.45) is 0 Å². The number of aryl methyl sites for hydroxylation is 1. The highest BCUT2D eigenvalue weighted by Crippen LogP contribution is 2.22. The van der Waals surface area contributed by atoms with Gasteiger partial charge in [-0.1, -0.05) is 18.1 Å². The molecule has 7 heteroatoms. The Morgan fingerprint density at radius 1 is 1.45 bits per heavy atom. The summed E-state index contributed by atoms with van der Waals surface area (Å²) < 4.78 is 7.45. The Labute approximate surface area is 133 Å². The Morgan fingerprint density at radius 3 is 3.14 bits per heavy atom. The fourth-order valence-corrected chi connectivity index (χ4v) is 2.92. The van der Waals surface area contributed by atoms with Gasteiger partial charge in [0.05, 0.1) is 11.4 Å². The minimum Gasteiger partial charge on any atom is -0.333 e. The lowest BCUT2D eigenvalue weighted by atomic mass is 10.3. The van der Waals surface area contributed by atoms with E-state index in [0.29, 0.717) is 24.3 Å². The number of imidazole rings is 1. The van der Waals surface area contributed by atoms with Crippen LogP contribution in [-0.2, 0) is 19.5 Å². The van der Waals surface area contributed by atoms with Crippen LogP contribution >= 0.6 is 11.3 Å². The normalized spacial score (nSPS) is 12.6. The Hall–Kier alpha value is -1.99. The number of hydrogen-bond acceptors (Lipinski definition) is 6. The van der Waals surface area contributed by atoms with Gasteiger partial charge in [-0.2, -0.15) is 4.98 Å². The summed E-state index contributed by atoms with van der Waals surface area (Å²) >= 11 is 1.59. The van der Waals surface area contributed by atoms with Crippen LogP contribution in [0.1, 0.15) is 25.5 Å². The largest absolute Gasteiger partial charge is 0.333 e. The first-order valence-corrected chi connectivity index (χ1v) is 8.24. The predicted molar refractivity (Wildman–Crippen MR) is 85.5 cm³/mol. The number of nitrogens with zero attached hydrogens (tertiary/aromatic N) is 4. The molecule has 1 unspecified atom stereocenters. The van der Waals surface area contributed by atoms with Crippen molar-refractivity contribution in [3.8, 4) is 10.8 Å². The molecule has 0 aliphatic rings. The molecule has 0 aliphatic carbocycles. The lowest BCUT2D eigenvalue weighted by Gasteiger charge is -2.14. The number of thiophene rings is 1. The van der Waals surface area contributed by atoms with E-state index in [2.05, 4.69) is 38.9 Å². The van der Waals surface area contributed by atoms with E-state index in [0.717, 1.165) is 23.7 Å². The molecule has 3 aromatic rings. The summed E-state index contributed by atoms with van der Waals surface area (Å²) in [5, 5.41) is 9.43. The summed E-state index contributed by atoms with van der Waals surface area (Å²) in [5.41, 5.74) is 0. The van der Waals surface area contributed by atoms with Crippen LogP contribution in [0.25, 0.3) is 10.8 Å². The molecule has 6 nitrogen and oxygen atoms in total. The molecule has 1 N–H and O–H groups in total. The standard InChI is InChI=1S/C15H19N5OS/c1-3-14-16-6-7-20(14)10-11(2)17-9-13-18-15(21-19-13)12-5-4-8-22-12/h4-8,11,17H,3,9-10H2,1-2H3. The molecule has 3 aromatic heterocycles. The number of aromatic nitrogens is 4. The van der Waals surface area contributed by atoms with E-state index in [1.54, 1.807) is 11.3 Å². The molecule has 116 valence electrons. The molecular formula is C15H19N5OS. The minimum absolute atomic E-state index is 0.295. The Balaban J connectivity index is 1.54. The summed E-state index contributed by atoms with van der Waals surface area (Å²) in [6, 6.07) is 4.24. The molecular weight excluding hydrogens is 298 g/mol. The van der Waals surface area contributed by atoms with Crippen molar-refractivity contribution in [3.05, 3.63) is 41.6 Å². The second-order valence-corrected chi connectivity index (χ2v) is 6.07. The zero-order valence-corrected chi connectivity index (χ0v) is 13.5. The topological polar surface area (TPSA) is 68.8 Å². The van der Waals surface area contributed by atoms with Crippen LogP contribution in [-0.4, -0.2) is 25.7 Å². The van der Waals surface area contributed by atoms with Crippen LogP contribution in [0.15, 0.2) is 34.4 Å². The van der Waals surface area contributed by atoms with Gasteiger partial charge in [0.15, 0.2) is 5.82 Å². The van der Waals surface area contributed by atoms with Crippen molar-refractivity contribution in [3.63, 3.8) is 0 Å². The summed E-state index contributed by atoms with van der Waals surface area (Å²) in [5.74, 6) is 2.37. The number of rotatable bonds is 7. The van der Waals surface area contributed by atoms with Gasteiger partial charge >= 0.3 is 0 Å². The van der Waals surface area contributed by atoms with E-state index in [1.807, 2.05) is 29.9 Å². The monoisotopic (exact) mass is 317 g/mol. The zero-order valence-electron chi connectivity index (χ0n) is 12.7. The summed E-state index contributed by atoms with van der Waals surface area (Å²) in [7, 11) is 0. The lowest BCUT2D eigenvalue weighted by Crippen LogP contribution is -2.30. The van der Waals surface area contributed by atoms with E-state index >= 15 is 0 Å². The molecule has 0 radical (unpaired) electrons. The Morgan fingerprint density at radius 2 is 2.36 bits per heavy atom. The number of hydrogen-bond donors (Lipinski definition) is 1. The van der Waals surface area contributed by atoms with E-state index < -0.39 is 0 Å². The molecule has 0 saturated carbocycles. The van der Waals surface area contributed by atoms with Gasteiger partial charge in [0.2, 0.25) is 0 Å². The summed E-state index contributed by atoms with van der Waals surface area (Å²) in [4.78, 5) is 9.74. The first-order chi connectivity index (χ1) is 10.8. The van der Waals surface area contributed by atoms with Gasteiger partial charge in [-0.05, 0) is 18.4 Å². The third kappa shape index (κ3) is 3.42. The molecule has 0 amide bonds. The van der Waals surface area contributed by atoms with Gasteiger partial charge in [-0.3, -0.25) is 0 Å². The van der Waals surface area contributed by atoms with E-state index in [1.165, 1.54) is 0 Å². The fraction of sp³-hybridized carbons (Fsp3) is 0.400. The Kier molecular flexibility index (Phi) is 4.65. The van der Waals surface area contributed by atoms with Crippen LogP contribution in [0.4, 0.5) is 0 Å². The second kappa shape index (κ2) is 6.85. The van der Waals surface area contributed by atoms with Crippen LogP contribution in [0.3, 0.4) is 0 Å². The highest BCUT2D eigenvalue weighted by Gasteiger charge is 2.11. The maximum atomic E-state index is 5.28. The second-order valence-electron chi connectivity index (χ2n) is 5.12.